The molecular formula is C8H11N5O2. The van der Waals surface area contributed by atoms with E-state index in [1.54, 1.807) is 0 Å². The van der Waals surface area contributed by atoms with E-state index in [-0.39, 0.29) is 24.5 Å². The summed E-state index contributed by atoms with van der Waals surface area (Å²) in [7, 11) is 0. The SMILES string of the molecule is NC(=O)CCNC(=O)c1ccc(N)nn1. The second-order valence-electron chi connectivity index (χ2n) is 2.82. The second kappa shape index (κ2) is 4.89. The Morgan fingerprint density at radius 1 is 1.33 bits per heavy atom. The van der Waals surface area contributed by atoms with Gasteiger partial charge in [-0.2, -0.15) is 0 Å². The molecule has 0 aliphatic carbocycles. The number of carbonyl (C=O) groups is 2. The van der Waals surface area contributed by atoms with E-state index in [0.717, 1.165) is 0 Å². The fraction of sp³-hybridized carbons (Fsp3) is 0.250. The molecule has 0 aliphatic rings. The molecule has 0 aliphatic heterocycles. The number of rotatable bonds is 4. The number of amides is 2. The highest BCUT2D eigenvalue weighted by Gasteiger charge is 2.06. The molecule has 7 heteroatoms. The van der Waals surface area contributed by atoms with Gasteiger partial charge in [0.15, 0.2) is 5.69 Å². The van der Waals surface area contributed by atoms with E-state index in [4.69, 9.17) is 11.5 Å². The van der Waals surface area contributed by atoms with Crippen molar-refractivity contribution in [3.05, 3.63) is 17.8 Å². The molecule has 0 radical (unpaired) electrons. The van der Waals surface area contributed by atoms with Crippen molar-refractivity contribution < 1.29 is 9.59 Å². The third-order valence-corrected chi connectivity index (χ3v) is 1.57. The first kappa shape index (κ1) is 10.9. The molecule has 5 N–H and O–H groups in total. The number of nitrogens with one attached hydrogen (secondary N) is 1. The number of hydrogen-bond donors (Lipinski definition) is 3. The highest BCUT2D eigenvalue weighted by Crippen LogP contribution is 1.96. The van der Waals surface area contributed by atoms with Crippen LogP contribution in [-0.2, 0) is 4.79 Å². The van der Waals surface area contributed by atoms with Crippen LogP contribution >= 0.6 is 0 Å². The minimum absolute atomic E-state index is 0.0914. The predicted molar refractivity (Wildman–Crippen MR) is 52.6 cm³/mol. The predicted octanol–water partition coefficient (Wildman–Crippen LogP) is -1.34. The van der Waals surface area contributed by atoms with Gasteiger partial charge in [0, 0.05) is 13.0 Å². The highest BCUT2D eigenvalue weighted by atomic mass is 16.2. The van der Waals surface area contributed by atoms with E-state index in [9.17, 15) is 9.59 Å². The molecule has 1 heterocycles. The number of carbonyl (C=O) groups excluding carboxylic acids is 2. The van der Waals surface area contributed by atoms with E-state index in [0.29, 0.717) is 0 Å². The van der Waals surface area contributed by atoms with Gasteiger partial charge in [0.05, 0.1) is 0 Å². The summed E-state index contributed by atoms with van der Waals surface area (Å²) in [6.07, 6.45) is 0.0914. The zero-order valence-corrected chi connectivity index (χ0v) is 7.93. The Balaban J connectivity index is 2.47. The number of nitrogens with zero attached hydrogens (tertiary/aromatic N) is 2. The monoisotopic (exact) mass is 209 g/mol. The van der Waals surface area contributed by atoms with Crippen LogP contribution in [0.5, 0.6) is 0 Å². The molecule has 0 spiro atoms. The van der Waals surface area contributed by atoms with Gasteiger partial charge in [-0.05, 0) is 12.1 Å². The number of nitrogens with two attached hydrogens (primary N) is 2. The average Bonchev–Trinajstić information content (AvgIpc) is 2.18. The van der Waals surface area contributed by atoms with Crippen LogP contribution in [0, 0.1) is 0 Å². The number of nitrogen functional groups attached to an aromatic ring is 1. The third kappa shape index (κ3) is 3.59. The molecule has 0 atom stereocenters. The van der Waals surface area contributed by atoms with Crippen molar-refractivity contribution in [2.75, 3.05) is 12.3 Å². The van der Waals surface area contributed by atoms with Gasteiger partial charge in [0.2, 0.25) is 5.91 Å². The van der Waals surface area contributed by atoms with Crippen molar-refractivity contribution in [1.29, 1.82) is 0 Å². The zero-order chi connectivity index (χ0) is 11.3. The van der Waals surface area contributed by atoms with Crippen molar-refractivity contribution in [2.24, 2.45) is 5.73 Å². The Morgan fingerprint density at radius 3 is 2.60 bits per heavy atom. The summed E-state index contributed by atoms with van der Waals surface area (Å²) < 4.78 is 0. The summed E-state index contributed by atoms with van der Waals surface area (Å²) in [5, 5.41) is 9.56. The van der Waals surface area contributed by atoms with E-state index in [1.165, 1.54) is 12.1 Å². The lowest BCUT2D eigenvalue weighted by Gasteiger charge is -2.01. The average molecular weight is 209 g/mol. The lowest BCUT2D eigenvalue weighted by molar-refractivity contribution is -0.117. The van der Waals surface area contributed by atoms with Crippen molar-refractivity contribution >= 4 is 17.6 Å². The Morgan fingerprint density at radius 2 is 2.07 bits per heavy atom. The van der Waals surface area contributed by atoms with Gasteiger partial charge in [0.25, 0.3) is 5.91 Å². The van der Waals surface area contributed by atoms with Crippen molar-refractivity contribution in [3.8, 4) is 0 Å². The molecule has 1 rings (SSSR count). The molecular weight excluding hydrogens is 198 g/mol. The lowest BCUT2D eigenvalue weighted by atomic mass is 10.3. The molecule has 1 aromatic heterocycles. The molecule has 0 saturated heterocycles. The van der Waals surface area contributed by atoms with Gasteiger partial charge in [-0.1, -0.05) is 0 Å². The Labute approximate surface area is 85.9 Å². The molecule has 0 bridgehead atoms. The summed E-state index contributed by atoms with van der Waals surface area (Å²) in [5.41, 5.74) is 10.3. The van der Waals surface area contributed by atoms with Crippen molar-refractivity contribution in [3.63, 3.8) is 0 Å². The van der Waals surface area contributed by atoms with Crippen molar-refractivity contribution in [2.45, 2.75) is 6.42 Å². The van der Waals surface area contributed by atoms with E-state index >= 15 is 0 Å². The smallest absolute Gasteiger partial charge is 0.271 e. The van der Waals surface area contributed by atoms with Crippen LogP contribution in [0.2, 0.25) is 0 Å². The summed E-state index contributed by atoms with van der Waals surface area (Å²) >= 11 is 0. The maximum absolute atomic E-state index is 11.3. The summed E-state index contributed by atoms with van der Waals surface area (Å²) in [6.45, 7) is 0.181. The number of anilines is 1. The first-order valence-electron chi connectivity index (χ1n) is 4.25. The quantitative estimate of drug-likeness (QED) is 0.566. The van der Waals surface area contributed by atoms with Gasteiger partial charge in [-0.25, -0.2) is 0 Å². The Hall–Kier alpha value is -2.18. The molecule has 1 aromatic rings. The molecule has 7 nitrogen and oxygen atoms in total. The van der Waals surface area contributed by atoms with E-state index < -0.39 is 11.8 Å². The summed E-state index contributed by atoms with van der Waals surface area (Å²) in [4.78, 5) is 21.7. The number of hydrogen-bond acceptors (Lipinski definition) is 5. The van der Waals surface area contributed by atoms with Crippen LogP contribution in [0.15, 0.2) is 12.1 Å². The number of aromatic nitrogens is 2. The largest absolute Gasteiger partial charge is 0.382 e. The third-order valence-electron chi connectivity index (χ3n) is 1.57. The minimum Gasteiger partial charge on any atom is -0.382 e. The van der Waals surface area contributed by atoms with Gasteiger partial charge in [-0.15, -0.1) is 10.2 Å². The standard InChI is InChI=1S/C8H11N5O2/c9-6-2-1-5(12-13-6)8(15)11-4-3-7(10)14/h1-2H,3-4H2,(H2,9,13)(H2,10,14)(H,11,15). The number of primary amides is 1. The van der Waals surface area contributed by atoms with Crippen LogP contribution in [-0.4, -0.2) is 28.6 Å². The fourth-order valence-electron chi connectivity index (χ4n) is 0.853. The van der Waals surface area contributed by atoms with Crippen LogP contribution in [0.1, 0.15) is 16.9 Å². The van der Waals surface area contributed by atoms with Gasteiger partial charge in [-0.3, -0.25) is 9.59 Å². The lowest BCUT2D eigenvalue weighted by Crippen LogP contribution is -2.28. The maximum atomic E-state index is 11.3. The molecule has 0 fully saturated rings. The van der Waals surface area contributed by atoms with E-state index in [1.807, 2.05) is 0 Å². The second-order valence-corrected chi connectivity index (χ2v) is 2.82. The van der Waals surface area contributed by atoms with Gasteiger partial charge >= 0.3 is 0 Å². The molecule has 0 aromatic carbocycles. The molecule has 80 valence electrons. The van der Waals surface area contributed by atoms with Crippen LogP contribution in [0.3, 0.4) is 0 Å². The topological polar surface area (TPSA) is 124 Å². The molecule has 2 amide bonds. The van der Waals surface area contributed by atoms with E-state index in [2.05, 4.69) is 15.5 Å². The Bertz CT molecular complexity index is 362. The molecule has 0 saturated carbocycles. The first-order chi connectivity index (χ1) is 7.09. The van der Waals surface area contributed by atoms with Crippen LogP contribution in [0.4, 0.5) is 5.82 Å². The summed E-state index contributed by atoms with van der Waals surface area (Å²) in [5.74, 6) is -0.647. The van der Waals surface area contributed by atoms with Crippen molar-refractivity contribution in [1.82, 2.24) is 15.5 Å². The molecule has 0 unspecified atom stereocenters. The Kier molecular flexibility index (Phi) is 3.55. The fourth-order valence-corrected chi connectivity index (χ4v) is 0.853. The van der Waals surface area contributed by atoms with Gasteiger partial charge in [0.1, 0.15) is 5.82 Å². The zero-order valence-electron chi connectivity index (χ0n) is 7.93. The van der Waals surface area contributed by atoms with Crippen LogP contribution in [0.25, 0.3) is 0 Å². The van der Waals surface area contributed by atoms with Gasteiger partial charge < -0.3 is 16.8 Å². The highest BCUT2D eigenvalue weighted by molar-refractivity contribution is 5.92. The maximum Gasteiger partial charge on any atom is 0.271 e. The first-order valence-corrected chi connectivity index (χ1v) is 4.25. The van der Waals surface area contributed by atoms with Crippen LogP contribution < -0.4 is 16.8 Å². The molecule has 15 heavy (non-hydrogen) atoms. The normalized spacial score (nSPS) is 9.60. The summed E-state index contributed by atoms with van der Waals surface area (Å²) in [6, 6.07) is 2.91. The minimum atomic E-state index is -0.473.